The zero-order valence-corrected chi connectivity index (χ0v) is 11.3. The van der Waals surface area contributed by atoms with Crippen LogP contribution in [0.5, 0.6) is 0 Å². The molecular formula is C15H9Cl2NO. The second-order valence-corrected chi connectivity index (χ2v) is 5.07. The van der Waals surface area contributed by atoms with Gasteiger partial charge in [-0.15, -0.1) is 0 Å². The predicted molar refractivity (Wildman–Crippen MR) is 79.4 cm³/mol. The van der Waals surface area contributed by atoms with Crippen LogP contribution >= 0.6 is 23.2 Å². The topological polar surface area (TPSA) is 29.1 Å². The van der Waals surface area contributed by atoms with Gasteiger partial charge >= 0.3 is 0 Å². The normalized spacial score (nSPS) is 15.5. The molecule has 1 amide bonds. The smallest absolute Gasteiger partial charge is 0.256 e. The summed E-state index contributed by atoms with van der Waals surface area (Å²) in [7, 11) is 0. The van der Waals surface area contributed by atoms with Crippen LogP contribution in [0.1, 0.15) is 11.1 Å². The molecule has 0 spiro atoms. The Balaban J connectivity index is 2.14. The van der Waals surface area contributed by atoms with Gasteiger partial charge in [-0.05, 0) is 35.9 Å². The third kappa shape index (κ3) is 2.25. The maximum atomic E-state index is 12.0. The molecule has 0 unspecified atom stereocenters. The minimum Gasteiger partial charge on any atom is -0.321 e. The zero-order valence-electron chi connectivity index (χ0n) is 9.78. The van der Waals surface area contributed by atoms with Crippen LogP contribution in [0.4, 0.5) is 5.69 Å². The highest BCUT2D eigenvalue weighted by molar-refractivity contribution is 6.38. The molecule has 1 aliphatic heterocycles. The van der Waals surface area contributed by atoms with E-state index < -0.39 is 0 Å². The van der Waals surface area contributed by atoms with Crippen molar-refractivity contribution in [2.75, 3.05) is 5.32 Å². The lowest BCUT2D eigenvalue weighted by atomic mass is 10.0. The summed E-state index contributed by atoms with van der Waals surface area (Å²) < 4.78 is 0. The average molecular weight is 290 g/mol. The van der Waals surface area contributed by atoms with Crippen molar-refractivity contribution >= 4 is 46.4 Å². The van der Waals surface area contributed by atoms with Crippen molar-refractivity contribution in [2.45, 2.75) is 0 Å². The SMILES string of the molecule is O=C1Nc2ccc(Cl)cc2/C1=C/c1ccccc1Cl. The minimum absolute atomic E-state index is 0.141. The molecule has 19 heavy (non-hydrogen) atoms. The van der Waals surface area contributed by atoms with Crippen LogP contribution in [0.3, 0.4) is 0 Å². The van der Waals surface area contributed by atoms with Crippen molar-refractivity contribution < 1.29 is 4.79 Å². The zero-order chi connectivity index (χ0) is 13.4. The maximum absolute atomic E-state index is 12.0. The number of fused-ring (bicyclic) bond motifs is 1. The molecule has 0 aliphatic carbocycles. The molecule has 3 rings (SSSR count). The fraction of sp³-hybridized carbons (Fsp3) is 0. The Kier molecular flexibility index (Phi) is 3.05. The van der Waals surface area contributed by atoms with E-state index in [0.717, 1.165) is 16.8 Å². The molecule has 1 heterocycles. The molecule has 2 aromatic rings. The first-order chi connectivity index (χ1) is 9.15. The number of nitrogens with one attached hydrogen (secondary N) is 1. The van der Waals surface area contributed by atoms with Gasteiger partial charge in [-0.2, -0.15) is 0 Å². The molecule has 0 fully saturated rings. The highest BCUT2D eigenvalue weighted by atomic mass is 35.5. The van der Waals surface area contributed by atoms with Crippen LogP contribution in [-0.2, 0) is 4.79 Å². The molecule has 2 aromatic carbocycles. The first-order valence-electron chi connectivity index (χ1n) is 5.72. The summed E-state index contributed by atoms with van der Waals surface area (Å²) in [5, 5.41) is 4.01. The molecule has 0 atom stereocenters. The van der Waals surface area contributed by atoms with Crippen molar-refractivity contribution in [3.63, 3.8) is 0 Å². The van der Waals surface area contributed by atoms with Gasteiger partial charge in [-0.3, -0.25) is 4.79 Å². The van der Waals surface area contributed by atoms with Gasteiger partial charge in [0.15, 0.2) is 0 Å². The van der Waals surface area contributed by atoms with E-state index in [1.54, 1.807) is 30.3 Å². The number of amides is 1. The van der Waals surface area contributed by atoms with E-state index >= 15 is 0 Å². The fourth-order valence-corrected chi connectivity index (χ4v) is 2.41. The summed E-state index contributed by atoms with van der Waals surface area (Å²) in [6, 6.07) is 12.7. The maximum Gasteiger partial charge on any atom is 0.256 e. The van der Waals surface area contributed by atoms with E-state index in [0.29, 0.717) is 15.6 Å². The lowest BCUT2D eigenvalue weighted by molar-refractivity contribution is -0.110. The summed E-state index contributed by atoms with van der Waals surface area (Å²) in [6.45, 7) is 0. The van der Waals surface area contributed by atoms with Crippen molar-refractivity contribution in [2.24, 2.45) is 0 Å². The van der Waals surface area contributed by atoms with Gasteiger partial charge in [0.05, 0.1) is 0 Å². The van der Waals surface area contributed by atoms with Gasteiger partial charge in [0.2, 0.25) is 0 Å². The number of carbonyl (C=O) groups is 1. The largest absolute Gasteiger partial charge is 0.321 e. The van der Waals surface area contributed by atoms with Crippen LogP contribution in [0, 0.1) is 0 Å². The summed E-state index contributed by atoms with van der Waals surface area (Å²) >= 11 is 12.1. The number of halogens is 2. The first kappa shape index (κ1) is 12.3. The number of hydrogen-bond acceptors (Lipinski definition) is 1. The molecule has 0 bridgehead atoms. The van der Waals surface area contributed by atoms with E-state index in [2.05, 4.69) is 5.32 Å². The van der Waals surface area contributed by atoms with Gasteiger partial charge in [0.1, 0.15) is 0 Å². The van der Waals surface area contributed by atoms with Crippen molar-refractivity contribution in [3.8, 4) is 0 Å². The Hall–Kier alpha value is -1.77. The minimum atomic E-state index is -0.141. The number of anilines is 1. The van der Waals surface area contributed by atoms with Crippen LogP contribution in [0.15, 0.2) is 42.5 Å². The highest BCUT2D eigenvalue weighted by Crippen LogP contribution is 2.35. The van der Waals surface area contributed by atoms with Gasteiger partial charge in [-0.25, -0.2) is 0 Å². The average Bonchev–Trinajstić information content (AvgIpc) is 2.69. The van der Waals surface area contributed by atoms with E-state index in [4.69, 9.17) is 23.2 Å². The molecule has 0 saturated heterocycles. The lowest BCUT2D eigenvalue weighted by Gasteiger charge is -2.01. The van der Waals surface area contributed by atoms with Crippen molar-refractivity contribution in [3.05, 3.63) is 63.6 Å². The Bertz CT molecular complexity index is 707. The van der Waals surface area contributed by atoms with Gasteiger partial charge in [0.25, 0.3) is 5.91 Å². The molecule has 1 N–H and O–H groups in total. The van der Waals surface area contributed by atoms with Crippen molar-refractivity contribution in [1.29, 1.82) is 0 Å². The lowest BCUT2D eigenvalue weighted by Crippen LogP contribution is -2.03. The van der Waals surface area contributed by atoms with Crippen LogP contribution in [0.25, 0.3) is 11.6 Å². The Labute approximate surface area is 120 Å². The number of rotatable bonds is 1. The van der Waals surface area contributed by atoms with Crippen LogP contribution < -0.4 is 5.32 Å². The van der Waals surface area contributed by atoms with E-state index in [9.17, 15) is 4.79 Å². The van der Waals surface area contributed by atoms with Crippen molar-refractivity contribution in [1.82, 2.24) is 0 Å². The Morgan fingerprint density at radius 1 is 1.05 bits per heavy atom. The summed E-state index contributed by atoms with van der Waals surface area (Å²) in [5.41, 5.74) is 2.96. The monoisotopic (exact) mass is 289 g/mol. The van der Waals surface area contributed by atoms with Gasteiger partial charge in [0, 0.05) is 26.9 Å². The molecule has 0 aromatic heterocycles. The van der Waals surface area contributed by atoms with E-state index in [-0.39, 0.29) is 5.91 Å². The third-order valence-electron chi connectivity index (χ3n) is 2.97. The molecule has 0 saturated carbocycles. The first-order valence-corrected chi connectivity index (χ1v) is 6.48. The second-order valence-electron chi connectivity index (χ2n) is 4.22. The Morgan fingerprint density at radius 3 is 2.63 bits per heavy atom. The fourth-order valence-electron chi connectivity index (χ4n) is 2.05. The molecule has 4 heteroatoms. The number of benzene rings is 2. The van der Waals surface area contributed by atoms with Crippen LogP contribution in [0.2, 0.25) is 10.0 Å². The Morgan fingerprint density at radius 2 is 1.84 bits per heavy atom. The molecule has 0 radical (unpaired) electrons. The van der Waals surface area contributed by atoms with E-state index in [1.165, 1.54) is 0 Å². The molecule has 94 valence electrons. The molecule has 1 aliphatic rings. The summed E-state index contributed by atoms with van der Waals surface area (Å²) in [4.78, 5) is 12.0. The second kappa shape index (κ2) is 4.72. The van der Waals surface area contributed by atoms with E-state index in [1.807, 2.05) is 18.2 Å². The van der Waals surface area contributed by atoms with Crippen LogP contribution in [-0.4, -0.2) is 5.91 Å². The highest BCUT2D eigenvalue weighted by Gasteiger charge is 2.24. The number of carbonyl (C=O) groups excluding carboxylic acids is 1. The molecular weight excluding hydrogens is 281 g/mol. The third-order valence-corrected chi connectivity index (χ3v) is 3.55. The summed E-state index contributed by atoms with van der Waals surface area (Å²) in [5.74, 6) is -0.141. The van der Waals surface area contributed by atoms with Gasteiger partial charge in [-0.1, -0.05) is 41.4 Å². The standard InChI is InChI=1S/C15H9Cl2NO/c16-10-5-6-14-11(8-10)12(15(19)18-14)7-9-3-1-2-4-13(9)17/h1-8H,(H,18,19)/b12-7-. The predicted octanol–water partition coefficient (Wildman–Crippen LogP) is 4.49. The quantitative estimate of drug-likeness (QED) is 0.770. The number of hydrogen-bond donors (Lipinski definition) is 1. The molecule has 2 nitrogen and oxygen atoms in total. The summed E-state index contributed by atoms with van der Waals surface area (Å²) in [6.07, 6.45) is 1.78. The van der Waals surface area contributed by atoms with Gasteiger partial charge < -0.3 is 5.32 Å².